The Morgan fingerprint density at radius 3 is 2.23 bits per heavy atom. The molecule has 0 aliphatic heterocycles. The normalized spacial score (nSPS) is 12.0. The summed E-state index contributed by atoms with van der Waals surface area (Å²) in [6.45, 7) is 4.25. The lowest BCUT2D eigenvalue weighted by Gasteiger charge is -2.29. The van der Waals surface area contributed by atoms with E-state index >= 15 is 0 Å². The molecule has 0 bridgehead atoms. The number of hydrogen-bond acceptors (Lipinski definition) is 6. The number of amides is 1. The second-order valence-corrected chi connectivity index (χ2v) is 8.43. The second kappa shape index (κ2) is 10.2. The SMILES string of the molecule is CCOc1ccc(CNC(=O)[C@H](C)N(c2cc(OC)ccc2OC)S(C)(=O)=O)cc1. The first-order valence-corrected chi connectivity index (χ1v) is 11.3. The van der Waals surface area contributed by atoms with Gasteiger partial charge in [-0.25, -0.2) is 8.42 Å². The molecule has 0 aromatic heterocycles. The number of methoxy groups -OCH3 is 2. The summed E-state index contributed by atoms with van der Waals surface area (Å²) in [7, 11) is -0.886. The van der Waals surface area contributed by atoms with E-state index in [1.54, 1.807) is 12.1 Å². The molecule has 1 atom stereocenters. The number of nitrogens with one attached hydrogen (secondary N) is 1. The topological polar surface area (TPSA) is 94.2 Å². The van der Waals surface area contributed by atoms with Crippen molar-refractivity contribution in [3.8, 4) is 17.2 Å². The first-order valence-electron chi connectivity index (χ1n) is 9.42. The van der Waals surface area contributed by atoms with E-state index in [0.29, 0.717) is 18.1 Å². The molecule has 2 rings (SSSR count). The lowest BCUT2D eigenvalue weighted by atomic mass is 10.2. The quantitative estimate of drug-likeness (QED) is 0.615. The Morgan fingerprint density at radius 1 is 1.07 bits per heavy atom. The maximum Gasteiger partial charge on any atom is 0.243 e. The number of benzene rings is 2. The van der Waals surface area contributed by atoms with E-state index in [-0.39, 0.29) is 12.2 Å². The van der Waals surface area contributed by atoms with Crippen LogP contribution in [0.15, 0.2) is 42.5 Å². The molecule has 0 saturated carbocycles. The highest BCUT2D eigenvalue weighted by Crippen LogP contribution is 2.35. The first-order chi connectivity index (χ1) is 14.2. The van der Waals surface area contributed by atoms with Gasteiger partial charge < -0.3 is 19.5 Å². The van der Waals surface area contributed by atoms with Crippen LogP contribution >= 0.6 is 0 Å². The van der Waals surface area contributed by atoms with Gasteiger partial charge in [0.1, 0.15) is 23.3 Å². The Hall–Kier alpha value is -2.94. The molecule has 2 aromatic carbocycles. The average Bonchev–Trinajstić information content (AvgIpc) is 2.72. The van der Waals surface area contributed by atoms with Crippen LogP contribution in [0, 0.1) is 0 Å². The molecule has 8 nitrogen and oxygen atoms in total. The summed E-state index contributed by atoms with van der Waals surface area (Å²) in [6.07, 6.45) is 1.04. The van der Waals surface area contributed by atoms with Crippen molar-refractivity contribution in [3.63, 3.8) is 0 Å². The predicted molar refractivity (Wildman–Crippen MR) is 116 cm³/mol. The number of ether oxygens (including phenoxy) is 3. The van der Waals surface area contributed by atoms with E-state index < -0.39 is 22.0 Å². The zero-order chi connectivity index (χ0) is 22.3. The van der Waals surface area contributed by atoms with E-state index in [1.807, 2.05) is 31.2 Å². The summed E-state index contributed by atoms with van der Waals surface area (Å²) in [5.74, 6) is 1.06. The van der Waals surface area contributed by atoms with E-state index in [4.69, 9.17) is 14.2 Å². The van der Waals surface area contributed by atoms with Crippen LogP contribution in [0.4, 0.5) is 5.69 Å². The standard InChI is InChI=1S/C21H28N2O6S/c1-6-29-17-9-7-16(8-10-17)14-22-21(24)15(2)23(30(5,25)26)19-13-18(27-3)11-12-20(19)28-4/h7-13,15H,6,14H2,1-5H3,(H,22,24)/t15-/m0/s1. The van der Waals surface area contributed by atoms with Crippen molar-refractivity contribution < 1.29 is 27.4 Å². The molecule has 0 unspecified atom stereocenters. The van der Waals surface area contributed by atoms with Crippen molar-refractivity contribution >= 4 is 21.6 Å². The Morgan fingerprint density at radius 2 is 1.70 bits per heavy atom. The lowest BCUT2D eigenvalue weighted by Crippen LogP contribution is -2.47. The second-order valence-electron chi connectivity index (χ2n) is 6.57. The van der Waals surface area contributed by atoms with Gasteiger partial charge in [-0.1, -0.05) is 12.1 Å². The molecular weight excluding hydrogens is 408 g/mol. The molecule has 0 spiro atoms. The summed E-state index contributed by atoms with van der Waals surface area (Å²) < 4.78 is 42.0. The smallest absolute Gasteiger partial charge is 0.243 e. The van der Waals surface area contributed by atoms with Crippen LogP contribution in [0.25, 0.3) is 0 Å². The molecule has 0 fully saturated rings. The van der Waals surface area contributed by atoms with E-state index in [1.165, 1.54) is 27.2 Å². The van der Waals surface area contributed by atoms with Gasteiger partial charge in [-0.15, -0.1) is 0 Å². The molecule has 1 N–H and O–H groups in total. The van der Waals surface area contributed by atoms with Crippen molar-refractivity contribution in [3.05, 3.63) is 48.0 Å². The number of sulfonamides is 1. The van der Waals surface area contributed by atoms with Gasteiger partial charge >= 0.3 is 0 Å². The van der Waals surface area contributed by atoms with Crippen LogP contribution < -0.4 is 23.8 Å². The molecule has 164 valence electrons. The van der Waals surface area contributed by atoms with Crippen LogP contribution in [0.2, 0.25) is 0 Å². The minimum atomic E-state index is -3.79. The molecule has 0 aliphatic rings. The molecule has 0 heterocycles. The zero-order valence-electron chi connectivity index (χ0n) is 17.8. The van der Waals surface area contributed by atoms with Gasteiger partial charge in [-0.05, 0) is 43.7 Å². The Bertz CT molecular complexity index is 960. The molecule has 0 saturated heterocycles. The highest BCUT2D eigenvalue weighted by atomic mass is 32.2. The number of anilines is 1. The highest BCUT2D eigenvalue weighted by molar-refractivity contribution is 7.92. The number of nitrogens with zero attached hydrogens (tertiary/aromatic N) is 1. The average molecular weight is 437 g/mol. The van der Waals surface area contributed by atoms with Crippen LogP contribution in [0.3, 0.4) is 0 Å². The highest BCUT2D eigenvalue weighted by Gasteiger charge is 2.31. The molecule has 30 heavy (non-hydrogen) atoms. The fourth-order valence-corrected chi connectivity index (χ4v) is 4.13. The van der Waals surface area contributed by atoms with Crippen molar-refractivity contribution in [1.82, 2.24) is 5.32 Å². The van der Waals surface area contributed by atoms with Crippen molar-refractivity contribution in [2.45, 2.75) is 26.4 Å². The number of carbonyl (C=O) groups excluding carboxylic acids is 1. The third-order valence-electron chi connectivity index (χ3n) is 4.41. The van der Waals surface area contributed by atoms with Crippen molar-refractivity contribution in [1.29, 1.82) is 0 Å². The Labute approximate surface area is 177 Å². The first kappa shape index (κ1) is 23.3. The van der Waals surface area contributed by atoms with Crippen LogP contribution in [-0.2, 0) is 21.4 Å². The van der Waals surface area contributed by atoms with Crippen molar-refractivity contribution in [2.75, 3.05) is 31.4 Å². The van der Waals surface area contributed by atoms with Gasteiger partial charge in [-0.3, -0.25) is 9.10 Å². The molecule has 1 amide bonds. The fourth-order valence-electron chi connectivity index (χ4n) is 2.96. The van der Waals surface area contributed by atoms with Gasteiger partial charge in [0.25, 0.3) is 0 Å². The molecular formula is C21H28N2O6S. The molecule has 0 radical (unpaired) electrons. The number of carbonyl (C=O) groups is 1. The summed E-state index contributed by atoms with van der Waals surface area (Å²) >= 11 is 0. The number of rotatable bonds is 10. The van der Waals surface area contributed by atoms with Crippen LogP contribution in [-0.4, -0.2) is 47.4 Å². The summed E-state index contributed by atoms with van der Waals surface area (Å²) in [4.78, 5) is 12.8. The molecule has 0 aliphatic carbocycles. The minimum Gasteiger partial charge on any atom is -0.497 e. The lowest BCUT2D eigenvalue weighted by molar-refractivity contribution is -0.122. The van der Waals surface area contributed by atoms with Gasteiger partial charge in [0, 0.05) is 12.6 Å². The Balaban J connectivity index is 2.23. The molecule has 2 aromatic rings. The summed E-state index contributed by atoms with van der Waals surface area (Å²) in [5, 5.41) is 2.78. The van der Waals surface area contributed by atoms with Crippen molar-refractivity contribution in [2.24, 2.45) is 0 Å². The third kappa shape index (κ3) is 5.79. The summed E-state index contributed by atoms with van der Waals surface area (Å²) in [6, 6.07) is 11.1. The van der Waals surface area contributed by atoms with Gasteiger partial charge in [0.05, 0.1) is 32.8 Å². The molecule has 9 heteroatoms. The predicted octanol–water partition coefficient (Wildman–Crippen LogP) is 2.57. The van der Waals surface area contributed by atoms with E-state index in [9.17, 15) is 13.2 Å². The zero-order valence-corrected chi connectivity index (χ0v) is 18.7. The fraction of sp³-hybridized carbons (Fsp3) is 0.381. The number of hydrogen-bond donors (Lipinski definition) is 1. The van der Waals surface area contributed by atoms with E-state index in [2.05, 4.69) is 5.32 Å². The minimum absolute atomic E-state index is 0.225. The van der Waals surface area contributed by atoms with Crippen LogP contribution in [0.5, 0.6) is 17.2 Å². The maximum absolute atomic E-state index is 12.8. The Kier molecular flexibility index (Phi) is 7.93. The monoisotopic (exact) mass is 436 g/mol. The van der Waals surface area contributed by atoms with Gasteiger partial charge in [0.2, 0.25) is 15.9 Å². The third-order valence-corrected chi connectivity index (χ3v) is 5.64. The maximum atomic E-state index is 12.8. The van der Waals surface area contributed by atoms with Gasteiger partial charge in [-0.2, -0.15) is 0 Å². The van der Waals surface area contributed by atoms with Gasteiger partial charge in [0.15, 0.2) is 0 Å². The largest absolute Gasteiger partial charge is 0.497 e. The van der Waals surface area contributed by atoms with E-state index in [0.717, 1.165) is 21.9 Å². The van der Waals surface area contributed by atoms with Crippen LogP contribution in [0.1, 0.15) is 19.4 Å². The summed E-state index contributed by atoms with van der Waals surface area (Å²) in [5.41, 5.74) is 1.09.